The van der Waals surface area contributed by atoms with E-state index in [1.807, 2.05) is 0 Å². The molecular weight excluding hydrogens is 351 g/mol. The number of pyridine rings is 1. The quantitative estimate of drug-likeness (QED) is 0.651. The smallest absolute Gasteiger partial charge is 0.420 e. The lowest BCUT2D eigenvalue weighted by Crippen LogP contribution is -2.17. The lowest BCUT2D eigenvalue weighted by molar-refractivity contribution is -0.138. The molecule has 0 aliphatic rings. The SMILES string of the molecule is COc1ccc(NC(=O)CC(=O)c2ccnc(C#N)c2)cc1C(F)(F)F. The Kier molecular flexibility index (Phi) is 5.57. The molecule has 2 aromatic rings. The maximum Gasteiger partial charge on any atom is 0.420 e. The summed E-state index contributed by atoms with van der Waals surface area (Å²) in [4.78, 5) is 27.7. The van der Waals surface area contributed by atoms with Crippen molar-refractivity contribution in [2.75, 3.05) is 12.4 Å². The van der Waals surface area contributed by atoms with E-state index in [1.165, 1.54) is 24.4 Å². The largest absolute Gasteiger partial charge is 0.496 e. The molecule has 1 aromatic carbocycles. The molecule has 1 aromatic heterocycles. The number of Topliss-reactive ketones (excluding diaryl/α,β-unsaturated/α-hetero) is 1. The Labute approximate surface area is 146 Å². The van der Waals surface area contributed by atoms with Crippen LogP contribution in [0.4, 0.5) is 18.9 Å². The Bertz CT molecular complexity index is 889. The van der Waals surface area contributed by atoms with Crippen LogP contribution in [0.2, 0.25) is 0 Å². The number of nitriles is 1. The summed E-state index contributed by atoms with van der Waals surface area (Å²) in [5.74, 6) is -1.76. The molecule has 0 aliphatic carbocycles. The summed E-state index contributed by atoms with van der Waals surface area (Å²) in [6.07, 6.45) is -4.00. The number of alkyl halides is 3. The van der Waals surface area contributed by atoms with Gasteiger partial charge in [-0.25, -0.2) is 4.98 Å². The van der Waals surface area contributed by atoms with E-state index in [-0.39, 0.29) is 22.7 Å². The number of amides is 1. The second kappa shape index (κ2) is 7.65. The van der Waals surface area contributed by atoms with Crippen molar-refractivity contribution >= 4 is 17.4 Å². The van der Waals surface area contributed by atoms with Crippen LogP contribution in [0.1, 0.15) is 28.0 Å². The van der Waals surface area contributed by atoms with Crippen molar-refractivity contribution < 1.29 is 27.5 Å². The van der Waals surface area contributed by atoms with Crippen LogP contribution >= 0.6 is 0 Å². The van der Waals surface area contributed by atoms with Crippen LogP contribution in [-0.2, 0) is 11.0 Å². The van der Waals surface area contributed by atoms with Crippen LogP contribution in [0.3, 0.4) is 0 Å². The number of halogens is 3. The number of benzene rings is 1. The lowest BCUT2D eigenvalue weighted by atomic mass is 10.1. The molecule has 1 amide bonds. The fourth-order valence-corrected chi connectivity index (χ4v) is 2.13. The highest BCUT2D eigenvalue weighted by Gasteiger charge is 2.34. The van der Waals surface area contributed by atoms with Crippen molar-refractivity contribution in [1.29, 1.82) is 5.26 Å². The molecule has 0 atom stereocenters. The third-order valence-electron chi connectivity index (χ3n) is 3.31. The van der Waals surface area contributed by atoms with Crippen molar-refractivity contribution in [1.82, 2.24) is 4.98 Å². The van der Waals surface area contributed by atoms with Gasteiger partial charge in [-0.1, -0.05) is 0 Å². The van der Waals surface area contributed by atoms with Gasteiger partial charge >= 0.3 is 6.18 Å². The predicted octanol–water partition coefficient (Wildman–Crippen LogP) is 3.19. The number of anilines is 1. The average Bonchev–Trinajstić information content (AvgIpc) is 2.60. The van der Waals surface area contributed by atoms with E-state index in [9.17, 15) is 22.8 Å². The molecule has 1 N–H and O–H groups in total. The van der Waals surface area contributed by atoms with Crippen molar-refractivity contribution in [3.05, 3.63) is 53.3 Å². The second-order valence-electron chi connectivity index (χ2n) is 5.10. The maximum atomic E-state index is 13.0. The molecule has 9 heteroatoms. The average molecular weight is 363 g/mol. The second-order valence-corrected chi connectivity index (χ2v) is 5.10. The number of nitrogens with one attached hydrogen (secondary N) is 1. The monoisotopic (exact) mass is 363 g/mol. The molecular formula is C17H12F3N3O3. The lowest BCUT2D eigenvalue weighted by Gasteiger charge is -2.14. The Balaban J connectivity index is 2.12. The highest BCUT2D eigenvalue weighted by atomic mass is 19.4. The van der Waals surface area contributed by atoms with Crippen LogP contribution in [0.25, 0.3) is 0 Å². The summed E-state index contributed by atoms with van der Waals surface area (Å²) in [5, 5.41) is 11.0. The first-order chi connectivity index (χ1) is 12.2. The van der Waals surface area contributed by atoms with Gasteiger partial charge in [0.1, 0.15) is 17.5 Å². The van der Waals surface area contributed by atoms with E-state index in [1.54, 1.807) is 6.07 Å². The maximum absolute atomic E-state index is 13.0. The van der Waals surface area contributed by atoms with Crippen LogP contribution < -0.4 is 10.1 Å². The molecule has 134 valence electrons. The third-order valence-corrected chi connectivity index (χ3v) is 3.31. The number of hydrogen-bond acceptors (Lipinski definition) is 5. The summed E-state index contributed by atoms with van der Waals surface area (Å²) in [7, 11) is 1.10. The predicted molar refractivity (Wildman–Crippen MR) is 84.5 cm³/mol. The van der Waals surface area contributed by atoms with E-state index >= 15 is 0 Å². The van der Waals surface area contributed by atoms with Crippen LogP contribution in [0.15, 0.2) is 36.5 Å². The van der Waals surface area contributed by atoms with E-state index < -0.39 is 29.9 Å². The topological polar surface area (TPSA) is 92.1 Å². The normalized spacial score (nSPS) is 10.7. The summed E-state index contributed by atoms with van der Waals surface area (Å²) >= 11 is 0. The summed E-state index contributed by atoms with van der Waals surface area (Å²) < 4.78 is 43.6. The van der Waals surface area contributed by atoms with Crippen LogP contribution in [0.5, 0.6) is 5.75 Å². The highest BCUT2D eigenvalue weighted by Crippen LogP contribution is 2.37. The number of ketones is 1. The first-order valence-electron chi connectivity index (χ1n) is 7.19. The fraction of sp³-hybridized carbons (Fsp3) is 0.176. The highest BCUT2D eigenvalue weighted by molar-refractivity contribution is 6.11. The number of nitrogens with zero attached hydrogens (tertiary/aromatic N) is 2. The van der Waals surface area contributed by atoms with Crippen molar-refractivity contribution in [2.24, 2.45) is 0 Å². The van der Waals surface area contributed by atoms with Gasteiger partial charge in [0.05, 0.1) is 19.1 Å². The van der Waals surface area contributed by atoms with Gasteiger partial charge in [-0.05, 0) is 30.3 Å². The number of methoxy groups -OCH3 is 1. The van der Waals surface area contributed by atoms with Gasteiger partial charge in [-0.15, -0.1) is 0 Å². The number of aromatic nitrogens is 1. The van der Waals surface area contributed by atoms with Crippen LogP contribution in [0, 0.1) is 11.3 Å². The van der Waals surface area contributed by atoms with Gasteiger partial charge in [-0.2, -0.15) is 18.4 Å². The molecule has 0 spiro atoms. The Morgan fingerprint density at radius 1 is 1.27 bits per heavy atom. The van der Waals surface area contributed by atoms with Crippen LogP contribution in [-0.4, -0.2) is 23.8 Å². The molecule has 0 aliphatic heterocycles. The van der Waals surface area contributed by atoms with Gasteiger partial charge in [0.25, 0.3) is 0 Å². The molecule has 2 rings (SSSR count). The molecule has 0 unspecified atom stereocenters. The third kappa shape index (κ3) is 4.57. The van der Waals surface area contributed by atoms with E-state index in [0.717, 1.165) is 19.2 Å². The standard InChI is InChI=1S/C17H12F3N3O3/c1-26-15-3-2-11(7-13(15)17(18,19)20)23-16(25)8-14(24)10-4-5-22-12(6-10)9-21/h2-7H,8H2,1H3,(H,23,25). The molecule has 6 nitrogen and oxygen atoms in total. The van der Waals surface area contributed by atoms with E-state index in [0.29, 0.717) is 0 Å². The fourth-order valence-electron chi connectivity index (χ4n) is 2.13. The van der Waals surface area contributed by atoms with Crippen molar-refractivity contribution in [3.63, 3.8) is 0 Å². The van der Waals surface area contributed by atoms with Gasteiger partial charge < -0.3 is 10.1 Å². The molecule has 0 saturated carbocycles. The molecule has 0 fully saturated rings. The van der Waals surface area contributed by atoms with Crippen molar-refractivity contribution in [2.45, 2.75) is 12.6 Å². The number of hydrogen-bond donors (Lipinski definition) is 1. The Hall–Kier alpha value is -3.41. The minimum atomic E-state index is -4.66. The zero-order valence-corrected chi connectivity index (χ0v) is 13.4. The molecule has 0 bridgehead atoms. The molecule has 0 radical (unpaired) electrons. The van der Waals surface area contributed by atoms with Crippen molar-refractivity contribution in [3.8, 4) is 11.8 Å². The van der Waals surface area contributed by atoms with Gasteiger partial charge in [0.2, 0.25) is 5.91 Å². The van der Waals surface area contributed by atoms with E-state index in [4.69, 9.17) is 5.26 Å². The number of ether oxygens (including phenoxy) is 1. The molecule has 26 heavy (non-hydrogen) atoms. The van der Waals surface area contributed by atoms with Gasteiger partial charge in [-0.3, -0.25) is 9.59 Å². The Morgan fingerprint density at radius 2 is 2.00 bits per heavy atom. The zero-order valence-electron chi connectivity index (χ0n) is 13.4. The molecule has 0 saturated heterocycles. The summed E-state index contributed by atoms with van der Waals surface area (Å²) in [5.41, 5.74) is -1.04. The number of carbonyl (C=O) groups is 2. The molecule has 1 heterocycles. The zero-order chi connectivity index (χ0) is 19.3. The van der Waals surface area contributed by atoms with E-state index in [2.05, 4.69) is 15.0 Å². The first-order valence-corrected chi connectivity index (χ1v) is 7.19. The van der Waals surface area contributed by atoms with Gasteiger partial charge in [0.15, 0.2) is 5.78 Å². The minimum Gasteiger partial charge on any atom is -0.496 e. The van der Waals surface area contributed by atoms with Gasteiger partial charge in [0, 0.05) is 17.4 Å². The number of rotatable bonds is 5. The minimum absolute atomic E-state index is 0.0150. The number of carbonyl (C=O) groups excluding carboxylic acids is 2. The first kappa shape index (κ1) is 18.9. The summed E-state index contributed by atoms with van der Waals surface area (Å²) in [6, 6.07) is 7.36. The summed E-state index contributed by atoms with van der Waals surface area (Å²) in [6.45, 7) is 0. The Morgan fingerprint density at radius 3 is 2.62 bits per heavy atom.